The summed E-state index contributed by atoms with van der Waals surface area (Å²) in [6.45, 7) is 1.29. The summed E-state index contributed by atoms with van der Waals surface area (Å²) in [4.78, 5) is 25.3. The molecular formula is C44H38F34N2O6. The van der Waals surface area contributed by atoms with Crippen molar-refractivity contribution in [3.8, 4) is 23.0 Å². The summed E-state index contributed by atoms with van der Waals surface area (Å²) in [5, 5.41) is 4.49. The van der Waals surface area contributed by atoms with Gasteiger partial charge in [-0.25, -0.2) is 0 Å². The van der Waals surface area contributed by atoms with E-state index in [4.69, 9.17) is 18.9 Å². The van der Waals surface area contributed by atoms with Crippen molar-refractivity contribution in [3.05, 3.63) is 47.5 Å². The van der Waals surface area contributed by atoms with Gasteiger partial charge in [0.25, 0.3) is 11.8 Å². The van der Waals surface area contributed by atoms with Gasteiger partial charge in [0.1, 0.15) is 0 Å². The van der Waals surface area contributed by atoms with E-state index in [1.54, 1.807) is 0 Å². The first kappa shape index (κ1) is 76.3. The molecule has 86 heavy (non-hydrogen) atoms. The number of rotatable bonds is 31. The molecule has 2 aromatic rings. The molecule has 0 aliphatic rings. The van der Waals surface area contributed by atoms with Crippen LogP contribution >= 0.6 is 0 Å². The summed E-state index contributed by atoms with van der Waals surface area (Å²) in [6, 6.07) is 5.21. The number of halogens is 34. The van der Waals surface area contributed by atoms with Gasteiger partial charge in [0.15, 0.2) is 35.2 Å². The van der Waals surface area contributed by atoms with Crippen molar-refractivity contribution >= 4 is 11.8 Å². The maximum Gasteiger partial charge on any atom is 0.460 e. The Morgan fingerprint density at radius 3 is 0.826 bits per heavy atom. The number of methoxy groups -OCH3 is 2. The molecule has 0 aliphatic heterocycles. The second-order valence-corrected chi connectivity index (χ2v) is 18.1. The van der Waals surface area contributed by atoms with Crippen molar-refractivity contribution in [2.75, 3.05) is 27.3 Å². The minimum atomic E-state index is -8.79. The number of amides is 2. The zero-order valence-electron chi connectivity index (χ0n) is 42.6. The largest absolute Gasteiger partial charge is 0.493 e. The van der Waals surface area contributed by atoms with Crippen LogP contribution in [0.1, 0.15) is 50.7 Å². The Balaban J connectivity index is 2.04. The van der Waals surface area contributed by atoms with Crippen LogP contribution in [0.2, 0.25) is 0 Å². The SMILES string of the molecule is COc1cc(CCCC(F)(F)C(F)(F)C(F)(F)C(F)(F)C(F)(F)C(F)(F)C(F)(F)C(F)(F)F)ccc1OC(C)C(=O)NCCNC(=O)C(C)Oc1ccc(CCCC(F)(F)C(F)(F)C(F)(F)C(F)(F)C(F)(F)C(F)(F)C(F)(F)C(F)(F)F)cc1OC. The van der Waals surface area contributed by atoms with Crippen LogP contribution < -0.4 is 29.6 Å². The zero-order valence-corrected chi connectivity index (χ0v) is 42.6. The topological polar surface area (TPSA) is 95.1 Å². The minimum Gasteiger partial charge on any atom is -0.493 e. The molecule has 0 saturated carbocycles. The molecule has 0 fully saturated rings. The Labute approximate surface area is 458 Å². The summed E-state index contributed by atoms with van der Waals surface area (Å²) in [6.07, 6.45) is -29.3. The van der Waals surface area contributed by atoms with Crippen molar-refractivity contribution in [1.82, 2.24) is 10.6 Å². The van der Waals surface area contributed by atoms with Crippen molar-refractivity contribution in [2.24, 2.45) is 0 Å². The van der Waals surface area contributed by atoms with Crippen LogP contribution in [-0.2, 0) is 22.4 Å². The van der Waals surface area contributed by atoms with Crippen LogP contribution in [0, 0.1) is 0 Å². The van der Waals surface area contributed by atoms with E-state index in [2.05, 4.69) is 10.6 Å². The minimum absolute atomic E-state index is 0.302. The predicted molar refractivity (Wildman–Crippen MR) is 219 cm³/mol. The highest BCUT2D eigenvalue weighted by molar-refractivity contribution is 5.82. The monoisotopic (exact) mass is 1340 g/mol. The number of nitrogens with one attached hydrogen (secondary N) is 2. The predicted octanol–water partition coefficient (Wildman–Crippen LogP) is 14.8. The van der Waals surface area contributed by atoms with Crippen LogP contribution in [0.5, 0.6) is 23.0 Å². The third-order valence-corrected chi connectivity index (χ3v) is 12.0. The lowest BCUT2D eigenvalue weighted by Gasteiger charge is -2.42. The number of carbonyl (C=O) groups is 2. The fourth-order valence-corrected chi connectivity index (χ4v) is 6.81. The van der Waals surface area contributed by atoms with Gasteiger partial charge in [0.05, 0.1) is 14.2 Å². The molecule has 0 spiro atoms. The van der Waals surface area contributed by atoms with Gasteiger partial charge in [0, 0.05) is 25.9 Å². The Morgan fingerprint density at radius 2 is 0.593 bits per heavy atom. The van der Waals surface area contributed by atoms with Crippen molar-refractivity contribution in [3.63, 3.8) is 0 Å². The Morgan fingerprint density at radius 1 is 0.360 bits per heavy atom. The zero-order chi connectivity index (χ0) is 67.9. The quantitative estimate of drug-likeness (QED) is 0.0577. The fraction of sp³-hybridized carbons (Fsp3) is 0.682. The third-order valence-electron chi connectivity index (χ3n) is 12.0. The molecule has 0 aromatic heterocycles. The van der Waals surface area contributed by atoms with Crippen LogP contribution in [0.25, 0.3) is 0 Å². The van der Waals surface area contributed by atoms with Gasteiger partial charge in [-0.1, -0.05) is 12.1 Å². The van der Waals surface area contributed by atoms with E-state index in [9.17, 15) is 159 Å². The van der Waals surface area contributed by atoms with Crippen LogP contribution in [0.15, 0.2) is 36.4 Å². The molecule has 0 bridgehead atoms. The lowest BCUT2D eigenvalue weighted by atomic mass is 9.87. The van der Waals surface area contributed by atoms with Gasteiger partial charge in [-0.05, 0) is 74.9 Å². The number of benzene rings is 2. The van der Waals surface area contributed by atoms with E-state index in [0.29, 0.717) is 0 Å². The second kappa shape index (κ2) is 24.6. The highest BCUT2D eigenvalue weighted by atomic mass is 19.4. The number of carbonyl (C=O) groups excluding carboxylic acids is 2. The standard InChI is InChI=1S/C44H38F34N2O6/c1-19(85-23-11-9-21(17-25(23)83-3)7-5-13-29(45,46)31(49,50)33(53,54)35(57,58)37(61,62)39(65,66)41(69,70)43(73,74)75)27(81)79-15-16-80-28(82)20(2)86-24-12-10-22(18-26(24)84-4)8-6-14-30(47,48)32(51,52)34(55,56)36(59,60)38(63,64)40(67,68)42(71,72)44(76,77)78/h9-12,17-20H,5-8,13-16H2,1-4H3,(H,79,81)(H,80,82). The molecule has 0 heterocycles. The molecule has 2 rings (SSSR count). The smallest absolute Gasteiger partial charge is 0.460 e. The van der Waals surface area contributed by atoms with Crippen LogP contribution in [0.3, 0.4) is 0 Å². The van der Waals surface area contributed by atoms with E-state index < -0.39 is 182 Å². The Kier molecular flexibility index (Phi) is 21.9. The van der Waals surface area contributed by atoms with Crippen molar-refractivity contribution in [2.45, 2.75) is 160 Å². The van der Waals surface area contributed by atoms with Gasteiger partial charge < -0.3 is 29.6 Å². The van der Waals surface area contributed by atoms with Gasteiger partial charge >= 0.3 is 95.3 Å². The van der Waals surface area contributed by atoms with Gasteiger partial charge in [0.2, 0.25) is 0 Å². The molecule has 2 N–H and O–H groups in total. The van der Waals surface area contributed by atoms with E-state index in [-0.39, 0.29) is 22.6 Å². The Bertz CT molecular complexity index is 2480. The number of hydrogen-bond acceptors (Lipinski definition) is 6. The number of alkyl halides is 34. The number of hydrogen-bond donors (Lipinski definition) is 2. The molecule has 2 aromatic carbocycles. The van der Waals surface area contributed by atoms with E-state index in [1.807, 2.05) is 0 Å². The lowest BCUT2D eigenvalue weighted by molar-refractivity contribution is -0.461. The van der Waals surface area contributed by atoms with Gasteiger partial charge in [-0.15, -0.1) is 0 Å². The fourth-order valence-electron chi connectivity index (χ4n) is 6.81. The molecule has 42 heteroatoms. The normalized spacial score (nSPS) is 15.5. The molecule has 0 aliphatic carbocycles. The summed E-state index contributed by atoms with van der Waals surface area (Å²) in [7, 11) is 1.79. The highest BCUT2D eigenvalue weighted by Crippen LogP contribution is 2.66. The summed E-state index contributed by atoms with van der Waals surface area (Å²) < 4.78 is 483. The molecule has 8 nitrogen and oxygen atoms in total. The summed E-state index contributed by atoms with van der Waals surface area (Å²) in [5.74, 6) is -118. The molecule has 0 saturated heterocycles. The molecule has 498 valence electrons. The second-order valence-electron chi connectivity index (χ2n) is 18.1. The molecule has 2 amide bonds. The highest BCUT2D eigenvalue weighted by Gasteiger charge is 2.97. The first-order valence-corrected chi connectivity index (χ1v) is 22.8. The average Bonchev–Trinajstić information content (AvgIpc) is 0.713. The molecule has 2 unspecified atom stereocenters. The maximum absolute atomic E-state index is 14.4. The van der Waals surface area contributed by atoms with E-state index >= 15 is 0 Å². The Hall–Kier alpha value is -5.80. The molecule has 0 radical (unpaired) electrons. The van der Waals surface area contributed by atoms with E-state index in [0.717, 1.165) is 64.5 Å². The maximum atomic E-state index is 14.4. The van der Waals surface area contributed by atoms with E-state index in [1.165, 1.54) is 0 Å². The van der Waals surface area contributed by atoms with Crippen LogP contribution in [-0.4, -0.2) is 147 Å². The van der Waals surface area contributed by atoms with Gasteiger partial charge in [-0.3, -0.25) is 9.59 Å². The summed E-state index contributed by atoms with van der Waals surface area (Å²) >= 11 is 0. The average molecular weight is 1340 g/mol. The molecule has 2 atom stereocenters. The van der Waals surface area contributed by atoms with Gasteiger partial charge in [-0.2, -0.15) is 149 Å². The third kappa shape index (κ3) is 13.3. The van der Waals surface area contributed by atoms with Crippen molar-refractivity contribution < 1.29 is 178 Å². The van der Waals surface area contributed by atoms with Crippen LogP contribution in [0.4, 0.5) is 149 Å². The number of ether oxygens (including phenoxy) is 4. The number of aryl methyl sites for hydroxylation is 2. The first-order chi connectivity index (χ1) is 38.1. The lowest BCUT2D eigenvalue weighted by Crippen LogP contribution is -2.74. The molecular weight excluding hydrogens is 1300 g/mol. The van der Waals surface area contributed by atoms with Crippen molar-refractivity contribution in [1.29, 1.82) is 0 Å². The summed E-state index contributed by atoms with van der Waals surface area (Å²) in [5.41, 5.74) is -0.604. The first-order valence-electron chi connectivity index (χ1n) is 22.8.